The van der Waals surface area contributed by atoms with Crippen molar-refractivity contribution in [1.82, 2.24) is 20.9 Å². The Morgan fingerprint density at radius 3 is 1.94 bits per heavy atom. The molecule has 47 heavy (non-hydrogen) atoms. The lowest BCUT2D eigenvalue weighted by Crippen LogP contribution is -2.58. The zero-order valence-corrected chi connectivity index (χ0v) is 25.4. The number of nitrogens with two attached hydrogens (primary N) is 1. The zero-order chi connectivity index (χ0) is 33.9. The molecule has 246 valence electrons. The molecule has 0 aliphatic heterocycles. The van der Waals surface area contributed by atoms with Gasteiger partial charge in [-0.3, -0.25) is 19.2 Å². The number of aromatic amines is 1. The SMILES string of the molecule is NC(Cc1c[nH]c2ccccc12)C(=O)NC(CCC(=O)O)C(=O)NC(Cc1ccccc1)C(=O)NC(Cc1ccc(O)cc1)C(=O)O. The van der Waals surface area contributed by atoms with Gasteiger partial charge in [0.2, 0.25) is 17.7 Å². The van der Waals surface area contributed by atoms with E-state index in [4.69, 9.17) is 5.73 Å². The van der Waals surface area contributed by atoms with E-state index in [1.54, 1.807) is 36.5 Å². The van der Waals surface area contributed by atoms with Crippen molar-refractivity contribution in [1.29, 1.82) is 0 Å². The van der Waals surface area contributed by atoms with Crippen LogP contribution in [0.2, 0.25) is 0 Å². The second-order valence-electron chi connectivity index (χ2n) is 11.2. The number of benzene rings is 3. The number of hydrogen-bond donors (Lipinski definition) is 8. The summed E-state index contributed by atoms with van der Waals surface area (Å²) >= 11 is 0. The van der Waals surface area contributed by atoms with Gasteiger partial charge in [0.05, 0.1) is 6.04 Å². The third kappa shape index (κ3) is 9.90. The van der Waals surface area contributed by atoms with Crippen molar-refractivity contribution in [2.75, 3.05) is 0 Å². The van der Waals surface area contributed by atoms with Crippen molar-refractivity contribution in [2.24, 2.45) is 5.73 Å². The van der Waals surface area contributed by atoms with Crippen LogP contribution in [-0.4, -0.2) is 74.1 Å². The fourth-order valence-electron chi connectivity index (χ4n) is 5.12. The van der Waals surface area contributed by atoms with E-state index in [-0.39, 0.29) is 31.4 Å². The highest BCUT2D eigenvalue weighted by Gasteiger charge is 2.31. The predicted molar refractivity (Wildman–Crippen MR) is 172 cm³/mol. The summed E-state index contributed by atoms with van der Waals surface area (Å²) in [4.78, 5) is 66.8. The molecule has 0 bridgehead atoms. The lowest BCUT2D eigenvalue weighted by atomic mass is 10.0. The average molecular weight is 644 g/mol. The molecule has 1 aromatic heterocycles. The Balaban J connectivity index is 1.50. The number of para-hydroxylation sites is 1. The van der Waals surface area contributed by atoms with Crippen LogP contribution in [0.5, 0.6) is 5.75 Å². The minimum atomic E-state index is -1.37. The number of aromatic nitrogens is 1. The number of amides is 3. The maximum Gasteiger partial charge on any atom is 0.326 e. The van der Waals surface area contributed by atoms with E-state index in [0.717, 1.165) is 16.5 Å². The molecule has 3 aromatic carbocycles. The highest BCUT2D eigenvalue weighted by molar-refractivity contribution is 5.95. The van der Waals surface area contributed by atoms with Crippen molar-refractivity contribution in [3.05, 3.63) is 102 Å². The van der Waals surface area contributed by atoms with E-state index >= 15 is 0 Å². The molecule has 0 saturated carbocycles. The maximum atomic E-state index is 13.6. The molecule has 13 heteroatoms. The number of carbonyl (C=O) groups is 5. The fourth-order valence-corrected chi connectivity index (χ4v) is 5.12. The third-order valence-corrected chi connectivity index (χ3v) is 7.64. The standard InChI is InChI=1S/C34H37N5O8/c35-25(18-22-19-36-26-9-5-4-8-24(22)26)31(43)37-27(14-15-30(41)42)32(44)38-28(16-20-6-2-1-3-7-20)33(45)39-29(34(46)47)17-21-10-12-23(40)13-11-21/h1-13,19,25,27-29,36,40H,14-18,35H2,(H,37,43)(H,38,44)(H,39,45)(H,41,42)(H,46,47). The quantitative estimate of drug-likeness (QED) is 0.0887. The number of aromatic hydroxyl groups is 1. The molecular formula is C34H37N5O8. The Morgan fingerprint density at radius 1 is 0.681 bits per heavy atom. The number of hydrogen-bond acceptors (Lipinski definition) is 7. The average Bonchev–Trinajstić information content (AvgIpc) is 3.46. The van der Waals surface area contributed by atoms with Gasteiger partial charge >= 0.3 is 11.9 Å². The molecule has 3 amide bonds. The molecule has 4 unspecified atom stereocenters. The van der Waals surface area contributed by atoms with Crippen molar-refractivity contribution in [3.63, 3.8) is 0 Å². The van der Waals surface area contributed by atoms with Crippen LogP contribution in [0.4, 0.5) is 0 Å². The van der Waals surface area contributed by atoms with Gasteiger partial charge < -0.3 is 42.0 Å². The molecule has 9 N–H and O–H groups in total. The number of carboxylic acids is 2. The lowest BCUT2D eigenvalue weighted by Gasteiger charge is -2.25. The Labute approximate surface area is 270 Å². The number of aliphatic carboxylic acids is 2. The van der Waals surface area contributed by atoms with Crippen molar-refractivity contribution < 1.29 is 39.3 Å². The van der Waals surface area contributed by atoms with Gasteiger partial charge in [-0.1, -0.05) is 60.7 Å². The molecule has 13 nitrogen and oxygen atoms in total. The van der Waals surface area contributed by atoms with Crippen molar-refractivity contribution in [2.45, 2.75) is 56.3 Å². The molecule has 4 rings (SSSR count). The number of H-pyrrole nitrogens is 1. The van der Waals surface area contributed by atoms with E-state index in [0.29, 0.717) is 11.1 Å². The Morgan fingerprint density at radius 2 is 1.26 bits per heavy atom. The number of phenols is 1. The summed E-state index contributed by atoms with van der Waals surface area (Å²) in [5.74, 6) is -4.83. The topological polar surface area (TPSA) is 224 Å². The largest absolute Gasteiger partial charge is 0.508 e. The van der Waals surface area contributed by atoms with Gasteiger partial charge in [-0.2, -0.15) is 0 Å². The maximum absolute atomic E-state index is 13.6. The van der Waals surface area contributed by atoms with E-state index in [2.05, 4.69) is 20.9 Å². The summed E-state index contributed by atoms with van der Waals surface area (Å²) in [7, 11) is 0. The first-order valence-electron chi connectivity index (χ1n) is 15.0. The van der Waals surface area contributed by atoms with Crippen LogP contribution in [0.3, 0.4) is 0 Å². The Bertz CT molecular complexity index is 1710. The minimum absolute atomic E-state index is 0.00115. The Kier molecular flexibility index (Phi) is 11.7. The zero-order valence-electron chi connectivity index (χ0n) is 25.4. The van der Waals surface area contributed by atoms with Gasteiger partial charge in [0.25, 0.3) is 0 Å². The van der Waals surface area contributed by atoms with Gasteiger partial charge in [0, 0.05) is 36.4 Å². The number of nitrogens with one attached hydrogen (secondary N) is 4. The number of phenolic OH excluding ortho intramolecular Hbond substituents is 1. The van der Waals surface area contributed by atoms with E-state index < -0.39 is 60.2 Å². The Hall–Kier alpha value is -5.69. The molecule has 0 spiro atoms. The van der Waals surface area contributed by atoms with Crippen molar-refractivity contribution >= 4 is 40.6 Å². The first kappa shape index (κ1) is 34.2. The van der Waals surface area contributed by atoms with E-state index in [1.807, 2.05) is 24.3 Å². The highest BCUT2D eigenvalue weighted by Crippen LogP contribution is 2.19. The molecule has 0 aliphatic carbocycles. The summed E-state index contributed by atoms with van der Waals surface area (Å²) in [6.45, 7) is 0. The van der Waals surface area contributed by atoms with Gasteiger partial charge in [0.1, 0.15) is 23.9 Å². The van der Waals surface area contributed by atoms with Crippen LogP contribution in [0, 0.1) is 0 Å². The second-order valence-corrected chi connectivity index (χ2v) is 11.2. The van der Waals surface area contributed by atoms with Gasteiger partial charge in [0.15, 0.2) is 0 Å². The number of fused-ring (bicyclic) bond motifs is 1. The smallest absolute Gasteiger partial charge is 0.326 e. The predicted octanol–water partition coefficient (Wildman–Crippen LogP) is 1.63. The van der Waals surface area contributed by atoms with Crippen LogP contribution in [0.1, 0.15) is 29.5 Å². The molecule has 1 heterocycles. The molecule has 4 aromatic rings. The minimum Gasteiger partial charge on any atom is -0.508 e. The van der Waals surface area contributed by atoms with Crippen LogP contribution >= 0.6 is 0 Å². The fraction of sp³-hybridized carbons (Fsp3) is 0.265. The van der Waals surface area contributed by atoms with Crippen LogP contribution in [0.25, 0.3) is 10.9 Å². The third-order valence-electron chi connectivity index (χ3n) is 7.64. The highest BCUT2D eigenvalue weighted by atomic mass is 16.4. The van der Waals surface area contributed by atoms with Crippen LogP contribution in [0.15, 0.2) is 85.1 Å². The number of carboxylic acid groups (broad SMARTS) is 2. The molecule has 0 radical (unpaired) electrons. The first-order chi connectivity index (χ1) is 22.5. The van der Waals surface area contributed by atoms with Gasteiger partial charge in [-0.15, -0.1) is 0 Å². The molecule has 0 saturated heterocycles. The van der Waals surface area contributed by atoms with E-state index in [9.17, 15) is 39.3 Å². The number of carbonyl (C=O) groups excluding carboxylic acids is 3. The molecule has 4 atom stereocenters. The summed E-state index contributed by atoms with van der Waals surface area (Å²) in [6.07, 6.45) is 1.01. The summed E-state index contributed by atoms with van der Waals surface area (Å²) in [6, 6.07) is 16.9. The van der Waals surface area contributed by atoms with Gasteiger partial charge in [-0.05, 0) is 47.7 Å². The molecule has 0 aliphatic rings. The van der Waals surface area contributed by atoms with Crippen LogP contribution < -0.4 is 21.7 Å². The van der Waals surface area contributed by atoms with Crippen molar-refractivity contribution in [3.8, 4) is 5.75 Å². The molecular weight excluding hydrogens is 606 g/mol. The summed E-state index contributed by atoms with van der Waals surface area (Å²) in [5.41, 5.74) is 9.05. The van der Waals surface area contributed by atoms with Gasteiger partial charge in [-0.25, -0.2) is 4.79 Å². The molecule has 0 fully saturated rings. The number of rotatable bonds is 16. The summed E-state index contributed by atoms with van der Waals surface area (Å²) in [5, 5.41) is 37.2. The monoisotopic (exact) mass is 643 g/mol. The lowest BCUT2D eigenvalue weighted by molar-refractivity contribution is -0.142. The first-order valence-corrected chi connectivity index (χ1v) is 15.0. The second kappa shape index (κ2) is 16.0. The van der Waals surface area contributed by atoms with Crippen LogP contribution in [-0.2, 0) is 43.2 Å². The van der Waals surface area contributed by atoms with E-state index in [1.165, 1.54) is 24.3 Å². The summed E-state index contributed by atoms with van der Waals surface area (Å²) < 4.78 is 0. The normalized spacial score (nSPS) is 13.6.